The lowest BCUT2D eigenvalue weighted by molar-refractivity contribution is 0.287. The number of ether oxygens (including phenoxy) is 2. The Balaban J connectivity index is 1.87. The van der Waals surface area contributed by atoms with Crippen LogP contribution in [0.4, 0.5) is 0 Å². The number of guanidine groups is 1. The maximum Gasteiger partial charge on any atom is 0.191 e. The average Bonchev–Trinajstić information content (AvgIpc) is 3.21. The molecule has 1 aromatic carbocycles. The Morgan fingerprint density at radius 3 is 2.53 bits per heavy atom. The highest BCUT2D eigenvalue weighted by Crippen LogP contribution is 2.28. The van der Waals surface area contributed by atoms with E-state index in [1.165, 1.54) is 5.56 Å². The molecule has 0 aliphatic rings. The van der Waals surface area contributed by atoms with Crippen LogP contribution >= 0.6 is 0 Å². The standard InChI is InChI=1S/C22H36N6O2/c1-5-12-23-22(25-14-15-28-17-26-27-21(28)6-2)24-13-11-18-9-10-19(29-7-3)20(16-18)30-8-4/h9-10,16-17H,5-8,11-15H2,1-4H3,(H2,23,24,25). The lowest BCUT2D eigenvalue weighted by Crippen LogP contribution is -2.40. The van der Waals surface area contributed by atoms with E-state index in [9.17, 15) is 0 Å². The monoisotopic (exact) mass is 416 g/mol. The molecule has 0 bridgehead atoms. The molecule has 0 unspecified atom stereocenters. The van der Waals surface area contributed by atoms with Crippen LogP contribution in [0.3, 0.4) is 0 Å². The van der Waals surface area contributed by atoms with Gasteiger partial charge in [0.2, 0.25) is 0 Å². The van der Waals surface area contributed by atoms with Gasteiger partial charge >= 0.3 is 0 Å². The third-order valence-electron chi connectivity index (χ3n) is 4.46. The number of hydrogen-bond donors (Lipinski definition) is 2. The van der Waals surface area contributed by atoms with Crippen LogP contribution in [0.2, 0.25) is 0 Å². The minimum absolute atomic E-state index is 0.617. The van der Waals surface area contributed by atoms with E-state index in [4.69, 9.17) is 9.47 Å². The van der Waals surface area contributed by atoms with Crippen molar-refractivity contribution in [3.05, 3.63) is 35.9 Å². The van der Waals surface area contributed by atoms with Crippen molar-refractivity contribution in [2.24, 2.45) is 4.99 Å². The van der Waals surface area contributed by atoms with Crippen molar-refractivity contribution >= 4 is 5.96 Å². The molecule has 0 radical (unpaired) electrons. The predicted molar refractivity (Wildman–Crippen MR) is 120 cm³/mol. The molecule has 1 aromatic heterocycles. The van der Waals surface area contributed by atoms with Crippen LogP contribution in [0.5, 0.6) is 11.5 Å². The van der Waals surface area contributed by atoms with Gasteiger partial charge in [0.25, 0.3) is 0 Å². The topological polar surface area (TPSA) is 85.6 Å². The van der Waals surface area contributed by atoms with Crippen LogP contribution in [0, 0.1) is 0 Å². The Labute approximate surface area is 180 Å². The molecule has 2 N–H and O–H groups in total. The molecule has 1 heterocycles. The largest absolute Gasteiger partial charge is 0.490 e. The highest BCUT2D eigenvalue weighted by molar-refractivity contribution is 5.79. The number of rotatable bonds is 13. The SMILES string of the molecule is CCCN=C(NCCc1ccc(OCC)c(OCC)c1)NCCn1cnnc1CC. The zero-order valence-electron chi connectivity index (χ0n) is 18.8. The van der Waals surface area contributed by atoms with Gasteiger partial charge in [-0.3, -0.25) is 4.99 Å². The van der Waals surface area contributed by atoms with E-state index in [1.807, 2.05) is 19.9 Å². The molecule has 8 nitrogen and oxygen atoms in total. The lowest BCUT2D eigenvalue weighted by Gasteiger charge is -2.15. The first-order chi connectivity index (χ1) is 14.7. The summed E-state index contributed by atoms with van der Waals surface area (Å²) >= 11 is 0. The number of hydrogen-bond acceptors (Lipinski definition) is 5. The third-order valence-corrected chi connectivity index (χ3v) is 4.46. The van der Waals surface area contributed by atoms with Crippen molar-refractivity contribution in [3.8, 4) is 11.5 Å². The fraction of sp³-hybridized carbons (Fsp3) is 0.591. The molecule has 30 heavy (non-hydrogen) atoms. The van der Waals surface area contributed by atoms with Gasteiger partial charge in [0.05, 0.1) is 13.2 Å². The molecule has 0 spiro atoms. The quantitative estimate of drug-likeness (QED) is 0.386. The van der Waals surface area contributed by atoms with E-state index >= 15 is 0 Å². The molecule has 0 aliphatic heterocycles. The van der Waals surface area contributed by atoms with Crippen LogP contribution in [0.1, 0.15) is 45.5 Å². The Morgan fingerprint density at radius 2 is 1.80 bits per heavy atom. The molecule has 0 fully saturated rings. The first kappa shape index (κ1) is 23.5. The summed E-state index contributed by atoms with van der Waals surface area (Å²) in [6.45, 7) is 12.5. The molecule has 0 saturated heterocycles. The number of nitrogens with zero attached hydrogens (tertiary/aromatic N) is 4. The minimum Gasteiger partial charge on any atom is -0.490 e. The van der Waals surface area contributed by atoms with Crippen LogP contribution in [-0.2, 0) is 19.4 Å². The highest BCUT2D eigenvalue weighted by atomic mass is 16.5. The van der Waals surface area contributed by atoms with E-state index < -0.39 is 0 Å². The number of benzene rings is 1. The van der Waals surface area contributed by atoms with Crippen LogP contribution in [-0.4, -0.2) is 53.6 Å². The summed E-state index contributed by atoms with van der Waals surface area (Å²) < 4.78 is 13.4. The number of aromatic nitrogens is 3. The predicted octanol–water partition coefficient (Wildman–Crippen LogP) is 2.83. The first-order valence-corrected chi connectivity index (χ1v) is 11.0. The second-order valence-corrected chi connectivity index (χ2v) is 6.78. The van der Waals surface area contributed by atoms with Crippen molar-refractivity contribution in [2.75, 3.05) is 32.8 Å². The lowest BCUT2D eigenvalue weighted by atomic mass is 10.1. The molecule has 0 atom stereocenters. The second kappa shape index (κ2) is 13.5. The second-order valence-electron chi connectivity index (χ2n) is 6.78. The summed E-state index contributed by atoms with van der Waals surface area (Å²) in [6, 6.07) is 6.13. The summed E-state index contributed by atoms with van der Waals surface area (Å²) in [4.78, 5) is 4.63. The normalized spacial score (nSPS) is 11.4. The number of aliphatic imine (C=N–C) groups is 1. The summed E-state index contributed by atoms with van der Waals surface area (Å²) in [7, 11) is 0. The molecular weight excluding hydrogens is 380 g/mol. The molecule has 8 heteroatoms. The van der Waals surface area contributed by atoms with Crippen molar-refractivity contribution in [2.45, 2.75) is 53.5 Å². The molecule has 2 rings (SSSR count). The van der Waals surface area contributed by atoms with Crippen molar-refractivity contribution in [1.29, 1.82) is 0 Å². The van der Waals surface area contributed by atoms with Gasteiger partial charge in [-0.15, -0.1) is 10.2 Å². The zero-order valence-corrected chi connectivity index (χ0v) is 18.8. The molecule has 0 aliphatic carbocycles. The maximum absolute atomic E-state index is 5.72. The zero-order chi connectivity index (χ0) is 21.6. The molecule has 2 aromatic rings. The van der Waals surface area contributed by atoms with Gasteiger partial charge in [-0.2, -0.15) is 0 Å². The van der Waals surface area contributed by atoms with E-state index in [1.54, 1.807) is 6.33 Å². The Hall–Kier alpha value is -2.77. The van der Waals surface area contributed by atoms with Crippen LogP contribution in [0.25, 0.3) is 0 Å². The van der Waals surface area contributed by atoms with Crippen molar-refractivity contribution in [3.63, 3.8) is 0 Å². The summed E-state index contributed by atoms with van der Waals surface area (Å²) in [5.74, 6) is 3.43. The smallest absolute Gasteiger partial charge is 0.191 e. The van der Waals surface area contributed by atoms with Gasteiger partial charge < -0.3 is 24.7 Å². The average molecular weight is 417 g/mol. The summed E-state index contributed by atoms with van der Waals surface area (Å²) in [5, 5.41) is 14.9. The fourth-order valence-electron chi connectivity index (χ4n) is 3.01. The molecule has 166 valence electrons. The van der Waals surface area contributed by atoms with Gasteiger partial charge in [-0.1, -0.05) is 19.9 Å². The third kappa shape index (κ3) is 7.57. The van der Waals surface area contributed by atoms with Gasteiger partial charge in [-0.25, -0.2) is 0 Å². The van der Waals surface area contributed by atoms with E-state index in [-0.39, 0.29) is 0 Å². The number of aryl methyl sites for hydroxylation is 1. The molecule has 0 amide bonds. The van der Waals surface area contributed by atoms with Crippen LogP contribution in [0.15, 0.2) is 29.5 Å². The Bertz CT molecular complexity index is 775. The molecule has 0 saturated carbocycles. The van der Waals surface area contributed by atoms with Gasteiger partial charge in [0.1, 0.15) is 12.2 Å². The Kier molecular flexibility index (Phi) is 10.5. The highest BCUT2D eigenvalue weighted by Gasteiger charge is 2.07. The maximum atomic E-state index is 5.72. The van der Waals surface area contributed by atoms with E-state index in [2.05, 4.69) is 56.4 Å². The minimum atomic E-state index is 0.617. The van der Waals surface area contributed by atoms with Gasteiger partial charge in [0.15, 0.2) is 17.5 Å². The summed E-state index contributed by atoms with van der Waals surface area (Å²) in [6.07, 6.45) is 4.53. The van der Waals surface area contributed by atoms with Gasteiger partial charge in [0, 0.05) is 32.6 Å². The first-order valence-electron chi connectivity index (χ1n) is 11.0. The van der Waals surface area contributed by atoms with Crippen molar-refractivity contribution < 1.29 is 9.47 Å². The van der Waals surface area contributed by atoms with Gasteiger partial charge in [-0.05, 0) is 44.4 Å². The van der Waals surface area contributed by atoms with E-state index in [0.717, 1.165) is 68.7 Å². The molecular formula is C22H36N6O2. The Morgan fingerprint density at radius 1 is 1.03 bits per heavy atom. The van der Waals surface area contributed by atoms with E-state index in [0.29, 0.717) is 13.2 Å². The number of nitrogens with one attached hydrogen (secondary N) is 2. The van der Waals surface area contributed by atoms with Crippen LogP contribution < -0.4 is 20.1 Å². The summed E-state index contributed by atoms with van der Waals surface area (Å²) in [5.41, 5.74) is 1.20. The fourth-order valence-corrected chi connectivity index (χ4v) is 3.01. The van der Waals surface area contributed by atoms with Crippen molar-refractivity contribution in [1.82, 2.24) is 25.4 Å².